The van der Waals surface area contributed by atoms with E-state index in [4.69, 9.17) is 4.55 Å². The van der Waals surface area contributed by atoms with Gasteiger partial charge in [0, 0.05) is 22.4 Å². The van der Waals surface area contributed by atoms with Crippen LogP contribution in [0.4, 0.5) is 11.4 Å². The Morgan fingerprint density at radius 3 is 1.69 bits per heavy atom. The van der Waals surface area contributed by atoms with Crippen LogP contribution in [0.5, 0.6) is 0 Å². The lowest BCUT2D eigenvalue weighted by Gasteiger charge is -2.28. The molecular formula is C62H56N2O3S+2. The molecule has 1 aliphatic carbocycles. The SMILES string of the molecule is C[N+]1(C)C(C=CC2=C(c3ccccc3)C(=CC=C3C(c4ccccc4)c4ccc5ccccc5c4[N+]3(C)C)CC2)=C(c2ccccc2)c2ccc3ccccc3c21.Cc1ccc(S(=O)(=O)O)cc1. The first kappa shape index (κ1) is 44.6. The third-order valence-electron chi connectivity index (χ3n) is 14.1. The minimum absolute atomic E-state index is 0.0666. The van der Waals surface area contributed by atoms with Gasteiger partial charge in [0.15, 0.2) is 5.69 Å². The van der Waals surface area contributed by atoms with Crippen molar-refractivity contribution < 1.29 is 13.0 Å². The fourth-order valence-corrected chi connectivity index (χ4v) is 11.4. The van der Waals surface area contributed by atoms with Gasteiger partial charge in [0.1, 0.15) is 17.1 Å². The quantitative estimate of drug-likeness (QED) is 0.128. The number of hydrogen-bond acceptors (Lipinski definition) is 2. The summed E-state index contributed by atoms with van der Waals surface area (Å²) >= 11 is 0. The number of rotatable bonds is 7. The summed E-state index contributed by atoms with van der Waals surface area (Å²) in [7, 11) is 5.43. The molecule has 0 bridgehead atoms. The van der Waals surface area contributed by atoms with Crippen LogP contribution in [0.15, 0.2) is 240 Å². The minimum Gasteiger partial charge on any atom is -0.282 e. The highest BCUT2D eigenvalue weighted by Crippen LogP contribution is 2.54. The second-order valence-corrected chi connectivity index (χ2v) is 20.4. The van der Waals surface area contributed by atoms with Gasteiger partial charge < -0.3 is 0 Å². The molecule has 1 unspecified atom stereocenters. The van der Waals surface area contributed by atoms with Gasteiger partial charge in [0.25, 0.3) is 10.1 Å². The largest absolute Gasteiger partial charge is 0.294 e. The van der Waals surface area contributed by atoms with Crippen LogP contribution in [0.25, 0.3) is 32.7 Å². The van der Waals surface area contributed by atoms with Crippen molar-refractivity contribution in [2.24, 2.45) is 0 Å². The van der Waals surface area contributed by atoms with E-state index in [9.17, 15) is 8.42 Å². The zero-order valence-corrected chi connectivity index (χ0v) is 40.1. The van der Waals surface area contributed by atoms with Crippen molar-refractivity contribution in [2.45, 2.75) is 30.6 Å². The third kappa shape index (κ3) is 8.10. The molecule has 1 N–H and O–H groups in total. The molecule has 8 aromatic carbocycles. The van der Waals surface area contributed by atoms with Gasteiger partial charge in [-0.15, -0.1) is 0 Å². The summed E-state index contributed by atoms with van der Waals surface area (Å²) in [6.45, 7) is 1.84. The number of quaternary nitrogens is 2. The molecule has 336 valence electrons. The van der Waals surface area contributed by atoms with Crippen molar-refractivity contribution in [2.75, 3.05) is 28.2 Å². The summed E-state index contributed by atoms with van der Waals surface area (Å²) in [5.41, 5.74) is 18.5. The number of fused-ring (bicyclic) bond motifs is 6. The van der Waals surface area contributed by atoms with Crippen molar-refractivity contribution in [3.63, 3.8) is 0 Å². The second kappa shape index (κ2) is 17.8. The predicted octanol–water partition coefficient (Wildman–Crippen LogP) is 14.6. The van der Waals surface area contributed by atoms with Crippen LogP contribution in [0.1, 0.15) is 52.1 Å². The monoisotopic (exact) mass is 908 g/mol. The van der Waals surface area contributed by atoms with E-state index in [-0.39, 0.29) is 10.8 Å². The van der Waals surface area contributed by atoms with Crippen LogP contribution in [0.2, 0.25) is 0 Å². The molecule has 0 amide bonds. The van der Waals surface area contributed by atoms with Crippen molar-refractivity contribution >= 4 is 54.2 Å². The van der Waals surface area contributed by atoms with E-state index in [1.54, 1.807) is 12.1 Å². The van der Waals surface area contributed by atoms with E-state index >= 15 is 0 Å². The van der Waals surface area contributed by atoms with Gasteiger partial charge in [0.2, 0.25) is 0 Å². The molecule has 0 radical (unpaired) electrons. The molecule has 0 spiro atoms. The van der Waals surface area contributed by atoms with E-state index in [1.807, 2.05) is 6.92 Å². The van der Waals surface area contributed by atoms with Crippen LogP contribution in [0.3, 0.4) is 0 Å². The average Bonchev–Trinajstić information content (AvgIpc) is 3.94. The Morgan fingerprint density at radius 2 is 1.07 bits per heavy atom. The van der Waals surface area contributed by atoms with Crippen molar-refractivity contribution in [1.82, 2.24) is 8.97 Å². The molecule has 3 aliphatic rings. The Morgan fingerprint density at radius 1 is 0.529 bits per heavy atom. The summed E-state index contributed by atoms with van der Waals surface area (Å²) in [6.07, 6.45) is 11.8. The van der Waals surface area contributed by atoms with E-state index in [0.29, 0.717) is 4.48 Å². The number of benzene rings is 8. The van der Waals surface area contributed by atoms with Crippen molar-refractivity contribution in [3.05, 3.63) is 268 Å². The fourth-order valence-electron chi connectivity index (χ4n) is 10.9. The molecule has 1 atom stereocenters. The molecule has 0 saturated heterocycles. The van der Waals surface area contributed by atoms with Gasteiger partial charge in [-0.1, -0.05) is 175 Å². The molecule has 8 aromatic rings. The standard InChI is InChI=1S/C55H48N2.C7H8O3S/c1-56(2)49(52(41-22-10-6-11-23-41)47-34-30-38-18-14-16-26-45(38)54(47)56)36-32-43-28-29-44(51(43)40-20-8-5-9-21-40)33-37-50-53(42-24-12-7-13-25-42)48-35-31-39-19-15-17-27-46(39)55(48)57(50,3)4;1-6-2-4-7(5-3-6)11(8,9)10/h5-27,30-37,52H,28-29H2,1-4H3;2-5H,1H3,(H,8,9,10)/q+2;. The number of likely N-dealkylation sites (N-methyl/N-ethyl adjacent to an activating group) is 2. The first-order chi connectivity index (χ1) is 32.8. The number of aryl methyl sites for hydroxylation is 1. The minimum atomic E-state index is -4.02. The van der Waals surface area contributed by atoms with E-state index in [2.05, 4.69) is 216 Å². The highest BCUT2D eigenvalue weighted by atomic mass is 32.2. The van der Waals surface area contributed by atoms with E-state index < -0.39 is 10.1 Å². The van der Waals surface area contributed by atoms with Gasteiger partial charge in [-0.05, 0) is 100 Å². The Bertz CT molecular complexity index is 3510. The van der Waals surface area contributed by atoms with Gasteiger partial charge >= 0.3 is 0 Å². The summed E-state index contributed by atoms with van der Waals surface area (Å²) in [6, 6.07) is 66.1. The maximum Gasteiger partial charge on any atom is 0.294 e. The smallest absolute Gasteiger partial charge is 0.282 e. The Kier molecular flexibility index (Phi) is 11.7. The first-order valence-electron chi connectivity index (χ1n) is 23.3. The Labute approximate surface area is 401 Å². The molecular weight excluding hydrogens is 853 g/mol. The topological polar surface area (TPSA) is 54.4 Å². The lowest BCUT2D eigenvalue weighted by atomic mass is 9.89. The molecule has 2 heterocycles. The van der Waals surface area contributed by atoms with Gasteiger partial charge in [-0.3, -0.25) is 13.5 Å². The normalized spacial score (nSPS) is 18.4. The molecule has 0 saturated carbocycles. The maximum absolute atomic E-state index is 10.5. The van der Waals surface area contributed by atoms with Crippen LogP contribution in [0, 0.1) is 6.92 Å². The lowest BCUT2D eigenvalue weighted by Crippen LogP contribution is -2.37. The number of hydrogen-bond donors (Lipinski definition) is 1. The lowest BCUT2D eigenvalue weighted by molar-refractivity contribution is 0.483. The molecule has 6 heteroatoms. The van der Waals surface area contributed by atoms with Gasteiger partial charge in [-0.25, -0.2) is 0 Å². The van der Waals surface area contributed by atoms with Crippen LogP contribution in [-0.4, -0.2) is 41.2 Å². The molecule has 2 aliphatic heterocycles. The van der Waals surface area contributed by atoms with Gasteiger partial charge in [-0.2, -0.15) is 8.42 Å². The number of allylic oxidation sites excluding steroid dienone is 8. The van der Waals surface area contributed by atoms with Crippen LogP contribution >= 0.6 is 0 Å². The zero-order chi connectivity index (χ0) is 47.2. The highest BCUT2D eigenvalue weighted by Gasteiger charge is 2.46. The van der Waals surface area contributed by atoms with Gasteiger partial charge in [0.05, 0.1) is 50.1 Å². The molecule has 0 aromatic heterocycles. The second-order valence-electron chi connectivity index (χ2n) is 19.0. The van der Waals surface area contributed by atoms with Crippen molar-refractivity contribution in [3.8, 4) is 0 Å². The Balaban J connectivity index is 0.000000434. The predicted molar refractivity (Wildman–Crippen MR) is 285 cm³/mol. The highest BCUT2D eigenvalue weighted by molar-refractivity contribution is 7.85. The average molecular weight is 909 g/mol. The molecule has 0 fully saturated rings. The Hall–Kier alpha value is -7.19. The third-order valence-corrected chi connectivity index (χ3v) is 15.0. The molecule has 11 rings (SSSR count). The molecule has 68 heavy (non-hydrogen) atoms. The fraction of sp³-hybridized carbons (Fsp3) is 0.129. The summed E-state index contributed by atoms with van der Waals surface area (Å²) in [4.78, 5) is -0.0666. The summed E-state index contributed by atoms with van der Waals surface area (Å²) in [5.74, 6) is 0.172. The van der Waals surface area contributed by atoms with Crippen LogP contribution in [-0.2, 0) is 10.1 Å². The maximum atomic E-state index is 10.5. The van der Waals surface area contributed by atoms with E-state index in [1.165, 1.54) is 107 Å². The van der Waals surface area contributed by atoms with Crippen molar-refractivity contribution in [1.29, 1.82) is 0 Å². The first-order valence-corrected chi connectivity index (χ1v) is 24.8. The summed E-state index contributed by atoms with van der Waals surface area (Å²) < 4.78 is 31.0. The molecule has 5 nitrogen and oxygen atoms in total. The van der Waals surface area contributed by atoms with Crippen LogP contribution < -0.4 is 8.97 Å². The zero-order valence-electron chi connectivity index (χ0n) is 39.3. The summed E-state index contributed by atoms with van der Waals surface area (Å²) in [5, 5.41) is 5.23. The van der Waals surface area contributed by atoms with E-state index in [0.717, 1.165) is 22.9 Å². The number of nitrogens with zero attached hydrogens (tertiary/aromatic N) is 2.